The molecule has 0 radical (unpaired) electrons. The normalized spacial score (nSPS) is 22.2. The molecule has 2 aliphatic carbocycles. The van der Waals surface area contributed by atoms with Gasteiger partial charge in [0.05, 0.1) is 0 Å². The second kappa shape index (κ2) is 3.70. The summed E-state index contributed by atoms with van der Waals surface area (Å²) in [6.07, 6.45) is 7.32. The summed E-state index contributed by atoms with van der Waals surface area (Å²) in [6, 6.07) is 0. The summed E-state index contributed by atoms with van der Waals surface area (Å²) in [5.41, 5.74) is 11.7. The zero-order chi connectivity index (χ0) is 12.3. The van der Waals surface area contributed by atoms with Crippen LogP contribution in [-0.4, -0.2) is 4.98 Å². The van der Waals surface area contributed by atoms with Gasteiger partial charge in [0.2, 0.25) is 0 Å². The van der Waals surface area contributed by atoms with Gasteiger partial charge in [-0.3, -0.25) is 0 Å². The Morgan fingerprint density at radius 3 is 3.00 bits per heavy atom. The number of nitrogens with zero attached hydrogens (tertiary/aromatic N) is 1. The molecule has 2 aliphatic rings. The molecule has 3 heteroatoms. The fourth-order valence-corrected chi connectivity index (χ4v) is 5.02. The average Bonchev–Trinajstić information content (AvgIpc) is 2.93. The molecule has 2 aromatic rings. The standard InChI is InChI=1S/C15H18N2S/c1-8-4-2-7-11-12(8)13-14(16)9-5-3-6-10(9)17-15(13)18-11/h8H,2-7H2,1H3,(H2,16,17). The van der Waals surface area contributed by atoms with Crippen LogP contribution in [0.25, 0.3) is 10.2 Å². The molecule has 18 heavy (non-hydrogen) atoms. The minimum absolute atomic E-state index is 0.658. The van der Waals surface area contributed by atoms with Crippen molar-refractivity contribution in [1.82, 2.24) is 4.98 Å². The Bertz CT molecular complexity index is 642. The Morgan fingerprint density at radius 2 is 2.11 bits per heavy atom. The minimum Gasteiger partial charge on any atom is -0.398 e. The highest BCUT2D eigenvalue weighted by Crippen LogP contribution is 2.45. The Kier molecular flexibility index (Phi) is 2.22. The van der Waals surface area contributed by atoms with Crippen molar-refractivity contribution in [3.63, 3.8) is 0 Å². The van der Waals surface area contributed by atoms with Gasteiger partial charge in [-0.15, -0.1) is 11.3 Å². The van der Waals surface area contributed by atoms with Crippen molar-refractivity contribution in [1.29, 1.82) is 0 Å². The number of anilines is 1. The van der Waals surface area contributed by atoms with Crippen molar-refractivity contribution in [2.24, 2.45) is 0 Å². The zero-order valence-electron chi connectivity index (χ0n) is 10.8. The van der Waals surface area contributed by atoms with E-state index in [1.807, 2.05) is 11.3 Å². The predicted octanol–water partition coefficient (Wildman–Crippen LogP) is 3.81. The van der Waals surface area contributed by atoms with Crippen LogP contribution in [0.3, 0.4) is 0 Å². The number of rotatable bonds is 0. The van der Waals surface area contributed by atoms with Crippen LogP contribution < -0.4 is 5.73 Å². The molecule has 0 saturated carbocycles. The van der Waals surface area contributed by atoms with Crippen molar-refractivity contribution in [2.45, 2.75) is 51.4 Å². The van der Waals surface area contributed by atoms with Crippen LogP contribution in [0.2, 0.25) is 0 Å². The van der Waals surface area contributed by atoms with Gasteiger partial charge in [0.25, 0.3) is 0 Å². The molecule has 1 unspecified atom stereocenters. The van der Waals surface area contributed by atoms with Gasteiger partial charge in [-0.1, -0.05) is 6.92 Å². The second-order valence-electron chi connectivity index (χ2n) is 5.72. The molecule has 2 heterocycles. The molecule has 0 fully saturated rings. The topological polar surface area (TPSA) is 38.9 Å². The molecule has 0 saturated heterocycles. The Balaban J connectivity index is 2.09. The molecule has 2 N–H and O–H groups in total. The van der Waals surface area contributed by atoms with Gasteiger partial charge in [0.15, 0.2) is 0 Å². The minimum atomic E-state index is 0.658. The van der Waals surface area contributed by atoms with E-state index < -0.39 is 0 Å². The third-order valence-corrected chi connectivity index (χ3v) is 5.72. The molecule has 2 nitrogen and oxygen atoms in total. The second-order valence-corrected chi connectivity index (χ2v) is 6.80. The smallest absolute Gasteiger partial charge is 0.126 e. The number of aromatic nitrogens is 1. The van der Waals surface area contributed by atoms with Gasteiger partial charge >= 0.3 is 0 Å². The molecular weight excluding hydrogens is 240 g/mol. The predicted molar refractivity (Wildman–Crippen MR) is 77.4 cm³/mol. The van der Waals surface area contributed by atoms with Gasteiger partial charge in [-0.05, 0) is 55.6 Å². The third kappa shape index (κ3) is 1.31. The van der Waals surface area contributed by atoms with Crippen LogP contribution in [0.5, 0.6) is 0 Å². The number of thiophene rings is 1. The summed E-state index contributed by atoms with van der Waals surface area (Å²) in [6.45, 7) is 2.34. The lowest BCUT2D eigenvalue weighted by Crippen LogP contribution is -2.05. The van der Waals surface area contributed by atoms with Gasteiger partial charge in [-0.2, -0.15) is 0 Å². The lowest BCUT2D eigenvalue weighted by molar-refractivity contribution is 0.602. The van der Waals surface area contributed by atoms with Crippen LogP contribution in [0.15, 0.2) is 0 Å². The van der Waals surface area contributed by atoms with Crippen molar-refractivity contribution < 1.29 is 0 Å². The summed E-state index contributed by atoms with van der Waals surface area (Å²) in [5, 5.41) is 1.31. The van der Waals surface area contributed by atoms with Gasteiger partial charge in [0, 0.05) is 21.6 Å². The quantitative estimate of drug-likeness (QED) is 0.780. The fourth-order valence-electron chi connectivity index (χ4n) is 3.65. The first kappa shape index (κ1) is 10.8. The van der Waals surface area contributed by atoms with E-state index in [0.29, 0.717) is 5.92 Å². The molecule has 94 valence electrons. The molecule has 1 atom stereocenters. The number of nitrogen functional groups attached to an aromatic ring is 1. The number of pyridine rings is 1. The Morgan fingerprint density at radius 1 is 1.22 bits per heavy atom. The fraction of sp³-hybridized carbons (Fsp3) is 0.533. The summed E-state index contributed by atoms with van der Waals surface area (Å²) < 4.78 is 0. The Labute approximate surface area is 111 Å². The van der Waals surface area contributed by atoms with Crippen molar-refractivity contribution in [3.05, 3.63) is 21.7 Å². The molecular formula is C15H18N2S. The highest BCUT2D eigenvalue weighted by atomic mass is 32.1. The molecule has 4 rings (SSSR count). The molecule has 0 amide bonds. The number of nitrogens with two attached hydrogens (primary N) is 1. The maximum atomic E-state index is 6.47. The molecule has 0 spiro atoms. The van der Waals surface area contributed by atoms with Crippen LogP contribution in [-0.2, 0) is 19.3 Å². The summed E-state index contributed by atoms with van der Waals surface area (Å²) in [7, 11) is 0. The van der Waals surface area contributed by atoms with Gasteiger partial charge in [0.1, 0.15) is 4.83 Å². The summed E-state index contributed by atoms with van der Waals surface area (Å²) in [5.74, 6) is 0.658. The Hall–Kier alpha value is -1.09. The number of hydrogen-bond acceptors (Lipinski definition) is 3. The van der Waals surface area contributed by atoms with Crippen LogP contribution in [0.4, 0.5) is 5.69 Å². The SMILES string of the molecule is CC1CCCc2sc3nc4c(c(N)c3c21)CCC4. The molecule has 0 aliphatic heterocycles. The van der Waals surface area contributed by atoms with Crippen molar-refractivity contribution >= 4 is 27.2 Å². The average molecular weight is 258 g/mol. The highest BCUT2D eigenvalue weighted by molar-refractivity contribution is 7.19. The van der Waals surface area contributed by atoms with E-state index in [2.05, 4.69) is 6.92 Å². The van der Waals surface area contributed by atoms with Crippen LogP contribution in [0, 0.1) is 0 Å². The van der Waals surface area contributed by atoms with E-state index in [9.17, 15) is 0 Å². The summed E-state index contributed by atoms with van der Waals surface area (Å²) in [4.78, 5) is 7.64. The molecule has 0 aromatic carbocycles. The van der Waals surface area contributed by atoms with E-state index in [4.69, 9.17) is 10.7 Å². The zero-order valence-corrected chi connectivity index (χ0v) is 11.6. The van der Waals surface area contributed by atoms with Crippen molar-refractivity contribution in [3.8, 4) is 0 Å². The van der Waals surface area contributed by atoms with E-state index in [-0.39, 0.29) is 0 Å². The molecule has 2 aromatic heterocycles. The van der Waals surface area contributed by atoms with E-state index in [0.717, 1.165) is 18.5 Å². The summed E-state index contributed by atoms with van der Waals surface area (Å²) >= 11 is 1.89. The van der Waals surface area contributed by atoms with E-state index in [1.165, 1.54) is 52.7 Å². The first-order valence-electron chi connectivity index (χ1n) is 6.98. The lowest BCUT2D eigenvalue weighted by Gasteiger charge is -2.19. The van der Waals surface area contributed by atoms with Gasteiger partial charge < -0.3 is 5.73 Å². The van der Waals surface area contributed by atoms with Gasteiger partial charge in [-0.25, -0.2) is 4.98 Å². The van der Waals surface area contributed by atoms with Crippen molar-refractivity contribution in [2.75, 3.05) is 5.73 Å². The third-order valence-electron chi connectivity index (χ3n) is 4.56. The van der Waals surface area contributed by atoms with E-state index >= 15 is 0 Å². The van der Waals surface area contributed by atoms with Crippen LogP contribution >= 0.6 is 11.3 Å². The number of fused-ring (bicyclic) bond motifs is 4. The lowest BCUT2D eigenvalue weighted by atomic mass is 9.86. The monoisotopic (exact) mass is 258 g/mol. The number of aryl methyl sites for hydroxylation is 2. The maximum absolute atomic E-state index is 6.47. The molecule has 0 bridgehead atoms. The maximum Gasteiger partial charge on any atom is 0.126 e. The largest absolute Gasteiger partial charge is 0.398 e. The number of hydrogen-bond donors (Lipinski definition) is 1. The highest BCUT2D eigenvalue weighted by Gasteiger charge is 2.27. The first-order valence-corrected chi connectivity index (χ1v) is 7.80. The van der Waals surface area contributed by atoms with Crippen LogP contribution in [0.1, 0.15) is 53.8 Å². The van der Waals surface area contributed by atoms with E-state index in [1.54, 1.807) is 4.88 Å². The first-order chi connectivity index (χ1) is 8.75.